The van der Waals surface area contributed by atoms with Gasteiger partial charge >= 0.3 is 0 Å². The summed E-state index contributed by atoms with van der Waals surface area (Å²) < 4.78 is 6.19. The third-order valence-electron chi connectivity index (χ3n) is 4.81. The smallest absolute Gasteiger partial charge is 0.192 e. The normalized spacial score (nSPS) is 25.9. The van der Waals surface area contributed by atoms with Crippen LogP contribution in [0, 0.1) is 17.8 Å². The van der Waals surface area contributed by atoms with Crippen LogP contribution in [0.15, 0.2) is 0 Å². The van der Waals surface area contributed by atoms with Gasteiger partial charge in [0.15, 0.2) is 8.32 Å². The predicted molar refractivity (Wildman–Crippen MR) is 70.0 cm³/mol. The van der Waals surface area contributed by atoms with Crippen LogP contribution >= 0.6 is 0 Å². The molecule has 0 amide bonds. The van der Waals surface area contributed by atoms with E-state index < -0.39 is 8.32 Å². The molecule has 0 aromatic carbocycles. The van der Waals surface area contributed by atoms with E-state index in [-0.39, 0.29) is 11.0 Å². The van der Waals surface area contributed by atoms with Gasteiger partial charge in [-0.05, 0) is 36.4 Å². The molecule has 0 aliphatic heterocycles. The average molecular weight is 242 g/mol. The maximum atomic E-state index is 10.6. The Morgan fingerprint density at radius 1 is 1.44 bits per heavy atom. The van der Waals surface area contributed by atoms with Gasteiger partial charge in [-0.1, -0.05) is 27.7 Å². The molecule has 0 heterocycles. The lowest BCUT2D eigenvalue weighted by atomic mass is 9.99. The molecule has 0 bridgehead atoms. The highest BCUT2D eigenvalue weighted by molar-refractivity contribution is 6.74. The standard InChI is InChI=1S/C13H26O2Si/c1-10(2)13(3,4)16(5,6)15-9-12-7-11(12)8-14/h8,10-12H,7,9H2,1-6H3/t11-,12-/m1/s1. The summed E-state index contributed by atoms with van der Waals surface area (Å²) in [6.45, 7) is 14.5. The number of carbonyl (C=O) groups excluding carboxylic acids is 1. The van der Waals surface area contributed by atoms with Crippen molar-refractivity contribution in [2.45, 2.75) is 52.2 Å². The van der Waals surface area contributed by atoms with Gasteiger partial charge in [0.1, 0.15) is 6.29 Å². The van der Waals surface area contributed by atoms with E-state index in [1.165, 1.54) is 0 Å². The monoisotopic (exact) mass is 242 g/mol. The lowest BCUT2D eigenvalue weighted by molar-refractivity contribution is -0.109. The second kappa shape index (κ2) is 4.61. The quantitative estimate of drug-likeness (QED) is 0.526. The van der Waals surface area contributed by atoms with Crippen LogP contribution < -0.4 is 0 Å². The van der Waals surface area contributed by atoms with Crippen molar-refractivity contribution in [3.05, 3.63) is 0 Å². The summed E-state index contributed by atoms with van der Waals surface area (Å²) in [5, 5.41) is 0.276. The SMILES string of the molecule is CC(C)C(C)(C)[Si](C)(C)OC[C@H]1C[C@@H]1C=O. The van der Waals surface area contributed by atoms with Gasteiger partial charge in [0.05, 0.1) is 0 Å². The molecule has 0 unspecified atom stereocenters. The molecule has 1 fully saturated rings. The Kier molecular flexibility index (Phi) is 4.01. The summed E-state index contributed by atoms with van der Waals surface area (Å²) in [5.41, 5.74) is 0. The van der Waals surface area contributed by atoms with Crippen molar-refractivity contribution in [2.24, 2.45) is 17.8 Å². The summed E-state index contributed by atoms with van der Waals surface area (Å²) >= 11 is 0. The molecular weight excluding hydrogens is 216 g/mol. The van der Waals surface area contributed by atoms with E-state index in [4.69, 9.17) is 4.43 Å². The summed E-state index contributed by atoms with van der Waals surface area (Å²) in [4.78, 5) is 10.6. The van der Waals surface area contributed by atoms with Gasteiger partial charge in [0.25, 0.3) is 0 Å². The number of hydrogen-bond acceptors (Lipinski definition) is 2. The highest BCUT2D eigenvalue weighted by Crippen LogP contribution is 2.46. The Bertz CT molecular complexity index is 259. The van der Waals surface area contributed by atoms with Crippen molar-refractivity contribution in [1.82, 2.24) is 0 Å². The van der Waals surface area contributed by atoms with Crippen molar-refractivity contribution in [3.8, 4) is 0 Å². The topological polar surface area (TPSA) is 26.3 Å². The van der Waals surface area contributed by atoms with Gasteiger partial charge < -0.3 is 9.22 Å². The molecule has 94 valence electrons. The van der Waals surface area contributed by atoms with Crippen LogP contribution in [0.3, 0.4) is 0 Å². The first-order chi connectivity index (χ1) is 7.22. The molecule has 0 saturated heterocycles. The van der Waals surface area contributed by atoms with Crippen LogP contribution in [0.1, 0.15) is 34.1 Å². The molecule has 16 heavy (non-hydrogen) atoms. The van der Waals surface area contributed by atoms with E-state index in [9.17, 15) is 4.79 Å². The Morgan fingerprint density at radius 3 is 2.38 bits per heavy atom. The Hall–Kier alpha value is -0.153. The lowest BCUT2D eigenvalue weighted by Gasteiger charge is -2.42. The summed E-state index contributed by atoms with van der Waals surface area (Å²) in [6.07, 6.45) is 2.12. The maximum absolute atomic E-state index is 10.6. The minimum Gasteiger partial charge on any atom is -0.417 e. The van der Waals surface area contributed by atoms with Gasteiger partial charge in [-0.15, -0.1) is 0 Å². The van der Waals surface area contributed by atoms with Crippen LogP contribution in [0.5, 0.6) is 0 Å². The van der Waals surface area contributed by atoms with Crippen molar-refractivity contribution in [2.75, 3.05) is 6.61 Å². The second-order valence-corrected chi connectivity index (χ2v) is 11.1. The molecule has 0 spiro atoms. The number of carbonyl (C=O) groups is 1. The van der Waals surface area contributed by atoms with Crippen LogP contribution in [0.2, 0.25) is 18.1 Å². The molecule has 1 saturated carbocycles. The van der Waals surface area contributed by atoms with Crippen LogP contribution in [-0.4, -0.2) is 21.2 Å². The lowest BCUT2D eigenvalue weighted by Crippen LogP contribution is -2.45. The van der Waals surface area contributed by atoms with E-state index >= 15 is 0 Å². The summed E-state index contributed by atoms with van der Waals surface area (Å²) in [7, 11) is -1.68. The Labute approximate surface area is 101 Å². The largest absolute Gasteiger partial charge is 0.417 e. The molecule has 0 aromatic heterocycles. The molecule has 2 atom stereocenters. The summed E-state index contributed by atoms with van der Waals surface area (Å²) in [5.74, 6) is 1.43. The van der Waals surface area contributed by atoms with Crippen LogP contribution in [0.25, 0.3) is 0 Å². The molecule has 1 aliphatic carbocycles. The molecule has 1 aliphatic rings. The molecular formula is C13H26O2Si. The fraction of sp³-hybridized carbons (Fsp3) is 0.923. The zero-order valence-electron chi connectivity index (χ0n) is 11.5. The number of hydrogen-bond donors (Lipinski definition) is 0. The van der Waals surface area contributed by atoms with Gasteiger partial charge in [-0.2, -0.15) is 0 Å². The fourth-order valence-electron chi connectivity index (χ4n) is 1.83. The van der Waals surface area contributed by atoms with E-state index in [1.54, 1.807) is 0 Å². The second-order valence-electron chi connectivity index (χ2n) is 6.49. The minimum absolute atomic E-state index is 0.276. The van der Waals surface area contributed by atoms with Gasteiger partial charge in [-0.25, -0.2) is 0 Å². The zero-order valence-corrected chi connectivity index (χ0v) is 12.5. The predicted octanol–water partition coefficient (Wildman–Crippen LogP) is 3.48. The van der Waals surface area contributed by atoms with Crippen LogP contribution in [0.4, 0.5) is 0 Å². The van der Waals surface area contributed by atoms with E-state index in [1.807, 2.05) is 0 Å². The van der Waals surface area contributed by atoms with E-state index in [0.29, 0.717) is 11.8 Å². The maximum Gasteiger partial charge on any atom is 0.192 e. The Balaban J connectivity index is 2.48. The first-order valence-corrected chi connectivity index (χ1v) is 9.22. The molecule has 0 radical (unpaired) electrons. The van der Waals surface area contributed by atoms with Crippen molar-refractivity contribution < 1.29 is 9.22 Å². The fourth-order valence-corrected chi connectivity index (χ4v) is 4.22. The zero-order chi connectivity index (χ0) is 12.6. The van der Waals surface area contributed by atoms with Crippen molar-refractivity contribution in [1.29, 1.82) is 0 Å². The van der Waals surface area contributed by atoms with Gasteiger partial charge in [0, 0.05) is 12.5 Å². The number of aldehydes is 1. The highest BCUT2D eigenvalue weighted by Gasteiger charge is 2.45. The molecule has 2 nitrogen and oxygen atoms in total. The highest BCUT2D eigenvalue weighted by atomic mass is 28.4. The van der Waals surface area contributed by atoms with Crippen molar-refractivity contribution >= 4 is 14.6 Å². The summed E-state index contributed by atoms with van der Waals surface area (Å²) in [6, 6.07) is 0. The van der Waals surface area contributed by atoms with Gasteiger partial charge in [0.2, 0.25) is 0 Å². The van der Waals surface area contributed by atoms with Crippen LogP contribution in [-0.2, 0) is 9.22 Å². The third kappa shape index (κ3) is 2.75. The minimum atomic E-state index is -1.68. The van der Waals surface area contributed by atoms with E-state index in [0.717, 1.165) is 19.3 Å². The Morgan fingerprint density at radius 2 is 2.00 bits per heavy atom. The third-order valence-corrected chi connectivity index (χ3v) is 9.37. The molecule has 0 N–H and O–H groups in total. The average Bonchev–Trinajstić information content (AvgIpc) is 2.92. The molecule has 0 aromatic rings. The first kappa shape index (κ1) is 13.9. The van der Waals surface area contributed by atoms with Gasteiger partial charge in [-0.3, -0.25) is 0 Å². The molecule has 1 rings (SSSR count). The van der Waals surface area contributed by atoms with Crippen molar-refractivity contribution in [3.63, 3.8) is 0 Å². The van der Waals surface area contributed by atoms with E-state index in [2.05, 4.69) is 40.8 Å². The number of rotatable bonds is 6. The first-order valence-electron chi connectivity index (χ1n) is 6.31. The molecule has 3 heteroatoms.